The van der Waals surface area contributed by atoms with Gasteiger partial charge in [-0.2, -0.15) is 0 Å². The Morgan fingerprint density at radius 1 is 0.596 bits per heavy atom. The molecular weight excluding hydrogens is 715 g/mol. The number of allylic oxidation sites excluding steroid dienone is 12. The van der Waals surface area contributed by atoms with E-state index in [0.29, 0.717) is 0 Å². The second-order valence-corrected chi connectivity index (χ2v) is 14.9. The lowest BCUT2D eigenvalue weighted by molar-refractivity contribution is 0.368. The molecule has 0 N–H and O–H groups in total. The van der Waals surface area contributed by atoms with E-state index in [9.17, 15) is 17.3 Å². The van der Waals surface area contributed by atoms with Gasteiger partial charge in [-0.25, -0.2) is 0 Å². The Hall–Kier alpha value is -4.43. The molecule has 0 saturated heterocycles. The third-order valence-corrected chi connectivity index (χ3v) is 11.3. The molecule has 2 aliphatic heterocycles. The van der Waals surface area contributed by atoms with Crippen molar-refractivity contribution < 1.29 is 17.3 Å². The molecule has 3 aliphatic rings. The minimum atomic E-state index is -6.00. The first-order valence-electron chi connectivity index (χ1n) is 17.0. The molecule has 0 nitrogen and oxygen atoms in total. The molecule has 52 heavy (non-hydrogen) atoms. The van der Waals surface area contributed by atoms with Gasteiger partial charge in [0.05, 0.1) is 5.25 Å². The van der Waals surface area contributed by atoms with Crippen molar-refractivity contribution in [3.8, 4) is 0 Å². The van der Waals surface area contributed by atoms with Crippen LogP contribution < -0.4 is 0 Å². The molecule has 1 atom stereocenters. The van der Waals surface area contributed by atoms with Crippen molar-refractivity contribution in [1.29, 1.82) is 0 Å². The molecule has 0 aromatic heterocycles. The molecule has 1 aliphatic carbocycles. The van der Waals surface area contributed by atoms with Crippen LogP contribution in [0.3, 0.4) is 0 Å². The highest BCUT2D eigenvalue weighted by Crippen LogP contribution is 2.46. The van der Waals surface area contributed by atoms with Crippen LogP contribution in [-0.2, 0) is 0 Å². The number of benzene rings is 4. The van der Waals surface area contributed by atoms with Crippen LogP contribution in [0.4, 0.5) is 17.3 Å². The summed E-state index contributed by atoms with van der Waals surface area (Å²) >= 11 is 10.9. The molecular formula is C44H35BClF4S2-. The lowest BCUT2D eigenvalue weighted by Gasteiger charge is -2.21. The molecule has 2 heterocycles. The lowest BCUT2D eigenvalue weighted by Crippen LogP contribution is -2.02. The SMILES string of the molecule is ClC1=C(C=CC2=CC(c3ccccc3)SC(c3ccccc3)=C2)CCCC1=CC=C1C=C(c2ccccc2)SC(c2ccccc2)=C1.F[B-](F)(F)F. The fourth-order valence-electron chi connectivity index (χ4n) is 5.95. The van der Waals surface area contributed by atoms with Gasteiger partial charge in [-0.15, -0.1) is 11.8 Å². The Balaban J connectivity index is 0.000000870. The van der Waals surface area contributed by atoms with Gasteiger partial charge in [0.25, 0.3) is 0 Å². The maximum Gasteiger partial charge on any atom is 0.673 e. The molecule has 4 aromatic rings. The van der Waals surface area contributed by atoms with Gasteiger partial charge in [0.2, 0.25) is 0 Å². The Labute approximate surface area is 316 Å². The smallest absolute Gasteiger partial charge is 0.418 e. The Morgan fingerprint density at radius 3 is 1.63 bits per heavy atom. The van der Waals surface area contributed by atoms with Gasteiger partial charge < -0.3 is 17.3 Å². The first-order chi connectivity index (χ1) is 25.2. The van der Waals surface area contributed by atoms with E-state index in [4.69, 9.17) is 11.6 Å². The molecule has 0 amide bonds. The zero-order valence-corrected chi connectivity index (χ0v) is 30.5. The molecule has 7 rings (SSSR count). The topological polar surface area (TPSA) is 0 Å². The molecule has 262 valence electrons. The van der Waals surface area contributed by atoms with Gasteiger partial charge in [0, 0.05) is 19.7 Å². The molecule has 0 saturated carbocycles. The van der Waals surface area contributed by atoms with Gasteiger partial charge in [-0.1, -0.05) is 175 Å². The van der Waals surface area contributed by atoms with Crippen LogP contribution in [0.25, 0.3) is 14.7 Å². The second-order valence-electron chi connectivity index (χ2n) is 12.2. The molecule has 1 unspecified atom stereocenters. The Kier molecular flexibility index (Phi) is 12.8. The average Bonchev–Trinajstić information content (AvgIpc) is 3.17. The summed E-state index contributed by atoms with van der Waals surface area (Å²) < 4.78 is 39.0. The molecule has 0 radical (unpaired) electrons. The Bertz CT molecular complexity index is 2030. The fraction of sp³-hybridized carbons (Fsp3) is 0.0909. The van der Waals surface area contributed by atoms with Crippen LogP contribution in [0, 0.1) is 0 Å². The van der Waals surface area contributed by atoms with Crippen LogP contribution >= 0.6 is 35.1 Å². The maximum absolute atomic E-state index is 9.75. The number of hydrogen-bond donors (Lipinski definition) is 0. The maximum atomic E-state index is 9.75. The molecule has 8 heteroatoms. The summed E-state index contributed by atoms with van der Waals surface area (Å²) in [5.41, 5.74) is 9.81. The summed E-state index contributed by atoms with van der Waals surface area (Å²) in [6.45, 7) is 0. The van der Waals surface area contributed by atoms with Gasteiger partial charge >= 0.3 is 7.25 Å². The van der Waals surface area contributed by atoms with Crippen molar-refractivity contribution in [2.45, 2.75) is 24.5 Å². The predicted molar refractivity (Wildman–Crippen MR) is 218 cm³/mol. The van der Waals surface area contributed by atoms with Crippen molar-refractivity contribution >= 4 is 57.1 Å². The lowest BCUT2D eigenvalue weighted by atomic mass is 9.93. The van der Waals surface area contributed by atoms with Crippen molar-refractivity contribution in [3.05, 3.63) is 220 Å². The van der Waals surface area contributed by atoms with Crippen LogP contribution in [-0.4, -0.2) is 7.25 Å². The number of halogens is 5. The molecule has 0 bridgehead atoms. The van der Waals surface area contributed by atoms with E-state index >= 15 is 0 Å². The average molecular weight is 750 g/mol. The third kappa shape index (κ3) is 10.8. The molecule has 0 fully saturated rings. The number of thioether (sulfide) groups is 2. The highest BCUT2D eigenvalue weighted by molar-refractivity contribution is 8.16. The summed E-state index contributed by atoms with van der Waals surface area (Å²) in [5, 5.41) is 1.14. The molecule has 0 spiro atoms. The van der Waals surface area contributed by atoms with E-state index in [2.05, 4.69) is 170 Å². The van der Waals surface area contributed by atoms with Crippen molar-refractivity contribution in [1.82, 2.24) is 0 Å². The van der Waals surface area contributed by atoms with E-state index in [0.717, 1.165) is 24.3 Å². The van der Waals surface area contributed by atoms with E-state index < -0.39 is 7.25 Å². The van der Waals surface area contributed by atoms with E-state index in [1.165, 1.54) is 59.3 Å². The highest BCUT2D eigenvalue weighted by atomic mass is 35.5. The predicted octanol–water partition coefficient (Wildman–Crippen LogP) is 14.7. The van der Waals surface area contributed by atoms with Crippen molar-refractivity contribution in [2.75, 3.05) is 0 Å². The highest BCUT2D eigenvalue weighted by Gasteiger charge is 2.21. The third-order valence-electron chi connectivity index (χ3n) is 8.42. The van der Waals surface area contributed by atoms with Crippen molar-refractivity contribution in [2.24, 2.45) is 0 Å². The number of rotatable bonds is 7. The first-order valence-corrected chi connectivity index (χ1v) is 19.0. The monoisotopic (exact) mass is 749 g/mol. The zero-order chi connectivity index (χ0) is 36.3. The van der Waals surface area contributed by atoms with E-state index in [1.807, 2.05) is 23.5 Å². The fourth-order valence-corrected chi connectivity index (χ4v) is 8.67. The minimum absolute atomic E-state index is 0.255. The van der Waals surface area contributed by atoms with Gasteiger partial charge in [0.1, 0.15) is 0 Å². The standard InChI is InChI=1S/C44H35ClS2.BF4/c45-44-38(26-24-32-28-40(34-14-5-1-6-15-34)46-41(29-32)35-16-7-2-8-17-35)22-13-23-39(44)27-25-33-30-42(36-18-9-3-10-19-36)47-43(31-33)37-20-11-4-12-21-37;2-1(3,4)5/h1-12,14-21,24-31,40H,13,22-23H2;/q;-1. The van der Waals surface area contributed by atoms with Crippen LogP contribution in [0.1, 0.15) is 46.8 Å². The first kappa shape index (κ1) is 37.3. The summed E-state index contributed by atoms with van der Waals surface area (Å²) in [6.07, 6.45) is 21.3. The molecule has 4 aromatic carbocycles. The zero-order valence-electron chi connectivity index (χ0n) is 28.1. The summed E-state index contributed by atoms with van der Waals surface area (Å²) in [6, 6.07) is 42.7. The van der Waals surface area contributed by atoms with Gasteiger partial charge in [0.15, 0.2) is 0 Å². The van der Waals surface area contributed by atoms with Crippen molar-refractivity contribution in [3.63, 3.8) is 0 Å². The van der Waals surface area contributed by atoms with Crippen LogP contribution in [0.15, 0.2) is 197 Å². The normalized spacial score (nSPS) is 18.6. The van der Waals surface area contributed by atoms with Crippen LogP contribution in [0.5, 0.6) is 0 Å². The Morgan fingerprint density at radius 2 is 1.10 bits per heavy atom. The van der Waals surface area contributed by atoms with Gasteiger partial charge in [-0.05, 0) is 82.0 Å². The van der Waals surface area contributed by atoms with E-state index in [-0.39, 0.29) is 5.25 Å². The summed E-state index contributed by atoms with van der Waals surface area (Å²) in [5.74, 6) is 0. The number of hydrogen-bond acceptors (Lipinski definition) is 2. The largest absolute Gasteiger partial charge is 0.673 e. The summed E-state index contributed by atoms with van der Waals surface area (Å²) in [7, 11) is -6.00. The van der Waals surface area contributed by atoms with Gasteiger partial charge in [-0.3, -0.25) is 0 Å². The second kappa shape index (κ2) is 17.9. The minimum Gasteiger partial charge on any atom is -0.418 e. The quantitative estimate of drug-likeness (QED) is 0.136. The van der Waals surface area contributed by atoms with E-state index in [1.54, 1.807) is 0 Å². The van der Waals surface area contributed by atoms with Crippen LogP contribution in [0.2, 0.25) is 0 Å². The summed E-state index contributed by atoms with van der Waals surface area (Å²) in [4.78, 5) is 3.79.